The Kier molecular flexibility index (Phi) is 47.5. The number of carbonyl (C=O) groups is 3. The Morgan fingerprint density at radius 2 is 0.635 bits per heavy atom. The highest BCUT2D eigenvalue weighted by Gasteiger charge is 2.19. The molecule has 0 fully saturated rings. The molecule has 0 aliphatic carbocycles. The van der Waals surface area contributed by atoms with E-state index < -0.39 is 6.10 Å². The van der Waals surface area contributed by atoms with E-state index >= 15 is 0 Å². The molecule has 6 heteroatoms. The van der Waals surface area contributed by atoms with Gasteiger partial charge in [0.15, 0.2) is 6.10 Å². The molecule has 0 saturated carbocycles. The second-order valence-electron chi connectivity index (χ2n) is 16.5. The third-order valence-corrected chi connectivity index (χ3v) is 10.5. The summed E-state index contributed by atoms with van der Waals surface area (Å²) in [4.78, 5) is 37.9. The first-order valence-electron chi connectivity index (χ1n) is 25.5. The van der Waals surface area contributed by atoms with Crippen molar-refractivity contribution in [2.45, 2.75) is 219 Å². The van der Waals surface area contributed by atoms with Gasteiger partial charge >= 0.3 is 17.9 Å². The highest BCUT2D eigenvalue weighted by Crippen LogP contribution is 2.15. The first-order chi connectivity index (χ1) is 31.0. The Morgan fingerprint density at radius 3 is 1.03 bits per heavy atom. The maximum Gasteiger partial charge on any atom is 0.306 e. The van der Waals surface area contributed by atoms with Gasteiger partial charge in [0.25, 0.3) is 0 Å². The summed E-state index contributed by atoms with van der Waals surface area (Å²) in [5.41, 5.74) is 0. The maximum absolute atomic E-state index is 12.8. The summed E-state index contributed by atoms with van der Waals surface area (Å²) in [5, 5.41) is 0. The van der Waals surface area contributed by atoms with Crippen LogP contribution in [0.2, 0.25) is 0 Å². The molecule has 0 aromatic heterocycles. The van der Waals surface area contributed by atoms with Crippen molar-refractivity contribution < 1.29 is 28.6 Å². The number of hydrogen-bond donors (Lipinski definition) is 0. The van der Waals surface area contributed by atoms with Gasteiger partial charge in [0.05, 0.1) is 0 Å². The Balaban J connectivity index is 4.50. The molecule has 356 valence electrons. The molecule has 0 aliphatic heterocycles. The molecule has 63 heavy (non-hydrogen) atoms. The van der Waals surface area contributed by atoms with Gasteiger partial charge < -0.3 is 14.2 Å². The molecule has 6 nitrogen and oxygen atoms in total. The quantitative estimate of drug-likeness (QED) is 0.0263. The largest absolute Gasteiger partial charge is 0.462 e. The minimum absolute atomic E-state index is 0.111. The van der Waals surface area contributed by atoms with Crippen LogP contribution in [0.25, 0.3) is 0 Å². The number of allylic oxidation sites excluding steroid dienone is 18. The molecule has 1 unspecified atom stereocenters. The summed E-state index contributed by atoms with van der Waals surface area (Å²) in [7, 11) is 0. The second-order valence-corrected chi connectivity index (χ2v) is 16.5. The molecule has 0 aliphatic rings. The van der Waals surface area contributed by atoms with Crippen molar-refractivity contribution in [2.75, 3.05) is 13.2 Å². The third kappa shape index (κ3) is 49.0. The standard InChI is InChI=1S/C57H92O6/c1-4-7-10-13-16-19-22-25-27-28-30-32-35-38-41-44-47-50-56(59)62-53-54(52-61-55(58)49-46-43-40-37-34-31-24-21-18-15-12-9-6-3)63-57(60)51-48-45-42-39-36-33-29-26-23-20-17-14-11-8-5-2/h8-9,11-12,14-15,17-18,20-21,23-24,26,29,31,34,37,40,54H,4-7,10,13,16,19,22,25,27-28,30,32-33,35-36,38-39,41-53H2,1-3H3/b11-8-,12-9-,17-14-,18-15-,23-20-,24-21-,29-26-,34-31-,40-37-. The van der Waals surface area contributed by atoms with Gasteiger partial charge in [-0.15, -0.1) is 0 Å². The van der Waals surface area contributed by atoms with Crippen LogP contribution in [0, 0.1) is 0 Å². The molecule has 1 atom stereocenters. The molecule has 0 spiro atoms. The summed E-state index contributed by atoms with van der Waals surface area (Å²) in [6, 6.07) is 0. The van der Waals surface area contributed by atoms with E-state index in [4.69, 9.17) is 14.2 Å². The number of unbranched alkanes of at least 4 members (excludes halogenated alkanes) is 22. The molecule has 0 aromatic rings. The van der Waals surface area contributed by atoms with E-state index in [9.17, 15) is 14.4 Å². The zero-order valence-electron chi connectivity index (χ0n) is 40.5. The number of esters is 3. The minimum Gasteiger partial charge on any atom is -0.462 e. The van der Waals surface area contributed by atoms with Crippen molar-refractivity contribution in [3.63, 3.8) is 0 Å². The van der Waals surface area contributed by atoms with Crippen LogP contribution in [-0.4, -0.2) is 37.2 Å². The van der Waals surface area contributed by atoms with Gasteiger partial charge in [0, 0.05) is 19.3 Å². The Hall–Kier alpha value is -3.93. The van der Waals surface area contributed by atoms with Crippen molar-refractivity contribution in [1.29, 1.82) is 0 Å². The highest BCUT2D eigenvalue weighted by atomic mass is 16.6. The minimum atomic E-state index is -0.819. The number of rotatable bonds is 44. The average Bonchev–Trinajstić information content (AvgIpc) is 3.28. The van der Waals surface area contributed by atoms with Gasteiger partial charge in [-0.25, -0.2) is 0 Å². The Bertz CT molecular complexity index is 1330. The zero-order valence-corrected chi connectivity index (χ0v) is 40.5. The van der Waals surface area contributed by atoms with E-state index in [2.05, 4.69) is 51.2 Å². The van der Waals surface area contributed by atoms with Gasteiger partial charge in [0.1, 0.15) is 13.2 Å². The first kappa shape index (κ1) is 59.1. The van der Waals surface area contributed by atoms with Gasteiger partial charge in [-0.3, -0.25) is 14.4 Å². The number of hydrogen-bond acceptors (Lipinski definition) is 6. The van der Waals surface area contributed by atoms with Crippen LogP contribution in [0.1, 0.15) is 213 Å². The Labute approximate surface area is 387 Å². The van der Waals surface area contributed by atoms with E-state index in [0.717, 1.165) is 77.0 Å². The molecule has 0 radical (unpaired) electrons. The molecule has 0 amide bonds. The third-order valence-electron chi connectivity index (χ3n) is 10.5. The molecule has 0 N–H and O–H groups in total. The highest BCUT2D eigenvalue weighted by molar-refractivity contribution is 5.71. The van der Waals surface area contributed by atoms with Gasteiger partial charge in [-0.2, -0.15) is 0 Å². The topological polar surface area (TPSA) is 78.9 Å². The lowest BCUT2D eigenvalue weighted by atomic mass is 10.0. The SMILES string of the molecule is CC\C=C/C=C\C=C/C=C\C=C/CCCC(=O)OCC(COC(=O)CCCCCCCCCCCCCCCCCCC)OC(=O)CCCCCCC\C=C/C=C\C=C/C=C\CC. The van der Waals surface area contributed by atoms with Crippen LogP contribution in [-0.2, 0) is 28.6 Å². The van der Waals surface area contributed by atoms with E-state index in [1.54, 1.807) is 0 Å². The maximum atomic E-state index is 12.8. The van der Waals surface area contributed by atoms with E-state index in [-0.39, 0.29) is 44.0 Å². The predicted octanol–water partition coefficient (Wildman–Crippen LogP) is 16.8. The first-order valence-corrected chi connectivity index (χ1v) is 25.5. The fraction of sp³-hybridized carbons (Fsp3) is 0.632. The summed E-state index contributed by atoms with van der Waals surface area (Å²) >= 11 is 0. The van der Waals surface area contributed by atoms with E-state index in [1.165, 1.54) is 89.9 Å². The molecule has 0 rings (SSSR count). The van der Waals surface area contributed by atoms with Crippen molar-refractivity contribution in [1.82, 2.24) is 0 Å². The summed E-state index contributed by atoms with van der Waals surface area (Å²) in [5.74, 6) is -1.02. The average molecular weight is 873 g/mol. The van der Waals surface area contributed by atoms with Crippen LogP contribution in [0.3, 0.4) is 0 Å². The number of carbonyl (C=O) groups excluding carboxylic acids is 3. The lowest BCUT2D eigenvalue weighted by molar-refractivity contribution is -0.167. The monoisotopic (exact) mass is 873 g/mol. The smallest absolute Gasteiger partial charge is 0.306 e. The summed E-state index contributed by atoms with van der Waals surface area (Å²) in [6.45, 7) is 6.27. The van der Waals surface area contributed by atoms with Crippen LogP contribution in [0.4, 0.5) is 0 Å². The molecule has 0 heterocycles. The lowest BCUT2D eigenvalue weighted by Gasteiger charge is -2.18. The van der Waals surface area contributed by atoms with Crippen LogP contribution >= 0.6 is 0 Å². The lowest BCUT2D eigenvalue weighted by Crippen LogP contribution is -2.30. The van der Waals surface area contributed by atoms with Gasteiger partial charge in [0.2, 0.25) is 0 Å². The van der Waals surface area contributed by atoms with E-state index in [0.29, 0.717) is 12.8 Å². The predicted molar refractivity (Wildman–Crippen MR) is 270 cm³/mol. The normalized spacial score (nSPS) is 13.0. The molecular formula is C57H92O6. The molecule has 0 saturated heterocycles. The summed E-state index contributed by atoms with van der Waals surface area (Å²) in [6.07, 6.45) is 67.9. The van der Waals surface area contributed by atoms with Crippen molar-refractivity contribution in [3.05, 3.63) is 109 Å². The molecular weight excluding hydrogens is 781 g/mol. The second kappa shape index (κ2) is 50.7. The fourth-order valence-corrected chi connectivity index (χ4v) is 6.72. The van der Waals surface area contributed by atoms with Crippen molar-refractivity contribution in [2.24, 2.45) is 0 Å². The molecule has 0 bridgehead atoms. The van der Waals surface area contributed by atoms with Crippen LogP contribution in [0.15, 0.2) is 109 Å². The number of ether oxygens (including phenoxy) is 3. The Morgan fingerprint density at radius 1 is 0.333 bits per heavy atom. The molecule has 0 aromatic carbocycles. The van der Waals surface area contributed by atoms with Crippen LogP contribution in [0.5, 0.6) is 0 Å². The van der Waals surface area contributed by atoms with Crippen molar-refractivity contribution >= 4 is 17.9 Å². The van der Waals surface area contributed by atoms with Crippen LogP contribution < -0.4 is 0 Å². The fourth-order valence-electron chi connectivity index (χ4n) is 6.72. The van der Waals surface area contributed by atoms with Gasteiger partial charge in [-0.05, 0) is 51.4 Å². The zero-order chi connectivity index (χ0) is 45.8. The summed E-state index contributed by atoms with van der Waals surface area (Å²) < 4.78 is 16.7. The van der Waals surface area contributed by atoms with Gasteiger partial charge in [-0.1, -0.05) is 252 Å². The van der Waals surface area contributed by atoms with Crippen molar-refractivity contribution in [3.8, 4) is 0 Å². The van der Waals surface area contributed by atoms with E-state index in [1.807, 2.05) is 79.0 Å².